The fraction of sp³-hybridized carbons (Fsp3) is 0.320. The lowest BCUT2D eigenvalue weighted by Gasteiger charge is -2.26. The van der Waals surface area contributed by atoms with Gasteiger partial charge in [0.2, 0.25) is 0 Å². The number of rotatable bonds is 7. The first kappa shape index (κ1) is 21.1. The number of carbonyl (C=O) groups excluding carboxylic acids is 1. The van der Waals surface area contributed by atoms with Crippen LogP contribution < -0.4 is 10.1 Å². The molecule has 168 valence electrons. The summed E-state index contributed by atoms with van der Waals surface area (Å²) < 4.78 is 5.78. The third-order valence-electron chi connectivity index (χ3n) is 6.15. The third-order valence-corrected chi connectivity index (χ3v) is 6.15. The van der Waals surface area contributed by atoms with Gasteiger partial charge in [0.25, 0.3) is 11.6 Å². The quantitative estimate of drug-likeness (QED) is 0.420. The summed E-state index contributed by atoms with van der Waals surface area (Å²) in [7, 11) is 0. The zero-order valence-corrected chi connectivity index (χ0v) is 18.1. The van der Waals surface area contributed by atoms with Gasteiger partial charge in [-0.1, -0.05) is 24.3 Å². The van der Waals surface area contributed by atoms with Crippen molar-refractivity contribution in [1.82, 2.24) is 15.3 Å². The van der Waals surface area contributed by atoms with Crippen LogP contribution in [0.3, 0.4) is 0 Å². The Labute approximate surface area is 191 Å². The highest BCUT2D eigenvalue weighted by Crippen LogP contribution is 2.34. The van der Waals surface area contributed by atoms with Crippen molar-refractivity contribution in [3.05, 3.63) is 81.7 Å². The van der Waals surface area contributed by atoms with Gasteiger partial charge in [0, 0.05) is 12.3 Å². The Bertz CT molecular complexity index is 1210. The first-order chi connectivity index (χ1) is 16.1. The Kier molecular flexibility index (Phi) is 5.73. The molecule has 2 aliphatic carbocycles. The average molecular weight is 444 g/mol. The van der Waals surface area contributed by atoms with Gasteiger partial charge in [-0.2, -0.15) is 0 Å². The van der Waals surface area contributed by atoms with Crippen molar-refractivity contribution in [2.75, 3.05) is 6.61 Å². The Balaban J connectivity index is 1.40. The van der Waals surface area contributed by atoms with Crippen molar-refractivity contribution < 1.29 is 14.5 Å². The summed E-state index contributed by atoms with van der Waals surface area (Å²) in [6.45, 7) is 0.587. The standard InChI is InChI=1S/C25H24N4O4/c30-25(28-21-7-3-5-17-4-1-2-6-19(17)21)22-12-13-26-24(27-22)20-14-18(33-15-16-8-9-16)10-11-23(20)29(31)32/h1-2,4,6,10-14,16,21H,3,5,7-9,15H2,(H,28,30)/t21-/m0/s1. The van der Waals surface area contributed by atoms with E-state index >= 15 is 0 Å². The fourth-order valence-corrected chi connectivity index (χ4v) is 4.19. The van der Waals surface area contributed by atoms with Crippen LogP contribution in [-0.2, 0) is 6.42 Å². The number of carbonyl (C=O) groups is 1. The van der Waals surface area contributed by atoms with E-state index in [0.29, 0.717) is 18.3 Å². The van der Waals surface area contributed by atoms with Gasteiger partial charge in [-0.05, 0) is 67.3 Å². The summed E-state index contributed by atoms with van der Waals surface area (Å²) in [5, 5.41) is 14.7. The minimum atomic E-state index is -0.477. The molecule has 0 aliphatic heterocycles. The van der Waals surface area contributed by atoms with E-state index in [9.17, 15) is 14.9 Å². The van der Waals surface area contributed by atoms with E-state index in [1.54, 1.807) is 12.1 Å². The number of amides is 1. The van der Waals surface area contributed by atoms with Crippen LogP contribution in [0.4, 0.5) is 5.69 Å². The van der Waals surface area contributed by atoms with E-state index in [1.807, 2.05) is 18.2 Å². The molecule has 8 heteroatoms. The van der Waals surface area contributed by atoms with Crippen LogP contribution >= 0.6 is 0 Å². The zero-order valence-electron chi connectivity index (χ0n) is 18.1. The maximum atomic E-state index is 13.0. The molecule has 0 saturated heterocycles. The van der Waals surface area contributed by atoms with Crippen molar-refractivity contribution >= 4 is 11.6 Å². The van der Waals surface area contributed by atoms with Crippen LogP contribution in [0.1, 0.15) is 53.3 Å². The van der Waals surface area contributed by atoms with Gasteiger partial charge in [-0.15, -0.1) is 0 Å². The molecular weight excluding hydrogens is 420 g/mol. The molecule has 5 rings (SSSR count). The van der Waals surface area contributed by atoms with E-state index in [0.717, 1.165) is 37.7 Å². The average Bonchev–Trinajstić information content (AvgIpc) is 3.67. The number of nitro benzene ring substituents is 1. The molecule has 1 saturated carbocycles. The molecule has 3 aromatic rings. The Morgan fingerprint density at radius 3 is 2.82 bits per heavy atom. The maximum Gasteiger partial charge on any atom is 0.280 e. The minimum Gasteiger partial charge on any atom is -0.493 e. The maximum absolute atomic E-state index is 13.0. The van der Waals surface area contributed by atoms with Crippen molar-refractivity contribution in [2.45, 2.75) is 38.1 Å². The molecule has 0 radical (unpaired) electrons. The van der Waals surface area contributed by atoms with Crippen molar-refractivity contribution in [2.24, 2.45) is 5.92 Å². The second kappa shape index (κ2) is 8.97. The van der Waals surface area contributed by atoms with E-state index < -0.39 is 4.92 Å². The summed E-state index contributed by atoms with van der Waals surface area (Å²) >= 11 is 0. The van der Waals surface area contributed by atoms with Gasteiger partial charge >= 0.3 is 0 Å². The predicted octanol–water partition coefficient (Wildman–Crippen LogP) is 4.65. The van der Waals surface area contributed by atoms with Crippen LogP contribution in [0.5, 0.6) is 5.75 Å². The SMILES string of the molecule is O=C(N[C@H]1CCCc2ccccc21)c1ccnc(-c2cc(OCC3CC3)ccc2[N+](=O)[O-])n1. The van der Waals surface area contributed by atoms with Crippen LogP contribution in [0, 0.1) is 16.0 Å². The number of aromatic nitrogens is 2. The molecule has 1 aromatic heterocycles. The van der Waals surface area contributed by atoms with Gasteiger partial charge in [0.05, 0.1) is 17.6 Å². The Hall–Kier alpha value is -3.81. The second-order valence-corrected chi connectivity index (χ2v) is 8.57. The van der Waals surface area contributed by atoms with E-state index in [-0.39, 0.29) is 34.7 Å². The summed E-state index contributed by atoms with van der Waals surface area (Å²) in [6.07, 6.45) is 6.59. The van der Waals surface area contributed by atoms with Crippen LogP contribution in [0.25, 0.3) is 11.4 Å². The number of aryl methyl sites for hydroxylation is 1. The molecule has 0 bridgehead atoms. The van der Waals surface area contributed by atoms with Gasteiger partial charge in [0.15, 0.2) is 5.82 Å². The van der Waals surface area contributed by atoms with E-state index in [1.165, 1.54) is 23.9 Å². The Morgan fingerprint density at radius 1 is 1.15 bits per heavy atom. The van der Waals surface area contributed by atoms with Gasteiger partial charge in [-0.25, -0.2) is 9.97 Å². The summed E-state index contributed by atoms with van der Waals surface area (Å²) in [5.41, 5.74) is 2.64. The fourth-order valence-electron chi connectivity index (χ4n) is 4.19. The minimum absolute atomic E-state index is 0.0886. The molecule has 1 fully saturated rings. The van der Waals surface area contributed by atoms with Gasteiger partial charge in [0.1, 0.15) is 17.0 Å². The number of fused-ring (bicyclic) bond motifs is 1. The highest BCUT2D eigenvalue weighted by molar-refractivity contribution is 5.93. The molecule has 1 atom stereocenters. The highest BCUT2D eigenvalue weighted by Gasteiger charge is 2.25. The number of nitro groups is 1. The Morgan fingerprint density at radius 2 is 2.00 bits per heavy atom. The monoisotopic (exact) mass is 444 g/mol. The van der Waals surface area contributed by atoms with Crippen LogP contribution in [0.2, 0.25) is 0 Å². The summed E-state index contributed by atoms with van der Waals surface area (Å²) in [5.74, 6) is 0.871. The number of ether oxygens (including phenoxy) is 1. The van der Waals surface area contributed by atoms with Crippen molar-refractivity contribution in [3.8, 4) is 17.1 Å². The molecule has 0 spiro atoms. The molecule has 0 unspecified atom stereocenters. The molecule has 1 amide bonds. The number of nitrogens with one attached hydrogen (secondary N) is 1. The number of nitrogens with zero attached hydrogens (tertiary/aromatic N) is 3. The van der Waals surface area contributed by atoms with Crippen molar-refractivity contribution in [1.29, 1.82) is 0 Å². The van der Waals surface area contributed by atoms with Gasteiger partial charge < -0.3 is 10.1 Å². The largest absolute Gasteiger partial charge is 0.493 e. The molecule has 2 aliphatic rings. The van der Waals surface area contributed by atoms with E-state index in [2.05, 4.69) is 21.4 Å². The van der Waals surface area contributed by atoms with Crippen LogP contribution in [0.15, 0.2) is 54.7 Å². The van der Waals surface area contributed by atoms with Gasteiger partial charge in [-0.3, -0.25) is 14.9 Å². The number of hydrogen-bond acceptors (Lipinski definition) is 6. The zero-order chi connectivity index (χ0) is 22.8. The lowest BCUT2D eigenvalue weighted by Crippen LogP contribution is -2.31. The van der Waals surface area contributed by atoms with Crippen molar-refractivity contribution in [3.63, 3.8) is 0 Å². The normalized spacial score (nSPS) is 17.2. The lowest BCUT2D eigenvalue weighted by molar-refractivity contribution is -0.384. The molecule has 1 N–H and O–H groups in total. The third kappa shape index (κ3) is 4.69. The number of benzene rings is 2. The second-order valence-electron chi connectivity index (χ2n) is 8.57. The van der Waals surface area contributed by atoms with Crippen LogP contribution in [-0.4, -0.2) is 27.4 Å². The molecule has 2 aromatic carbocycles. The lowest BCUT2D eigenvalue weighted by atomic mass is 9.87. The molecule has 33 heavy (non-hydrogen) atoms. The topological polar surface area (TPSA) is 107 Å². The summed E-state index contributed by atoms with van der Waals surface area (Å²) in [6, 6.07) is 14.1. The molecular formula is C25H24N4O4. The van der Waals surface area contributed by atoms with E-state index in [4.69, 9.17) is 4.74 Å². The number of hydrogen-bond donors (Lipinski definition) is 1. The molecule has 1 heterocycles. The first-order valence-corrected chi connectivity index (χ1v) is 11.2. The predicted molar refractivity (Wildman–Crippen MR) is 122 cm³/mol. The summed E-state index contributed by atoms with van der Waals surface area (Å²) in [4.78, 5) is 32.7. The smallest absolute Gasteiger partial charge is 0.280 e. The highest BCUT2D eigenvalue weighted by atomic mass is 16.6. The first-order valence-electron chi connectivity index (χ1n) is 11.2. The molecule has 8 nitrogen and oxygen atoms in total.